The van der Waals surface area contributed by atoms with E-state index in [9.17, 15) is 21.6 Å². The molecule has 0 atom stereocenters. The molecule has 134 valence electrons. The van der Waals surface area contributed by atoms with Gasteiger partial charge < -0.3 is 0 Å². The van der Waals surface area contributed by atoms with Crippen molar-refractivity contribution in [3.63, 3.8) is 0 Å². The molecule has 2 aromatic rings. The maximum atomic E-state index is 12.1. The van der Waals surface area contributed by atoms with E-state index in [1.165, 1.54) is 0 Å². The summed E-state index contributed by atoms with van der Waals surface area (Å²) in [5, 5.41) is 6.34. The van der Waals surface area contributed by atoms with Gasteiger partial charge >= 0.3 is 6.18 Å². The lowest BCUT2D eigenvalue weighted by atomic mass is 10.1. The Morgan fingerprint density at radius 1 is 1.33 bits per heavy atom. The summed E-state index contributed by atoms with van der Waals surface area (Å²) in [7, 11) is -3.95. The Balaban J connectivity index is 1.97. The summed E-state index contributed by atoms with van der Waals surface area (Å²) in [6, 6.07) is 3.91. The second kappa shape index (κ2) is 7.24. The third-order valence-electron chi connectivity index (χ3n) is 3.45. The van der Waals surface area contributed by atoms with E-state index in [1.54, 1.807) is 16.0 Å². The highest BCUT2D eigenvalue weighted by molar-refractivity contribution is 7.89. The van der Waals surface area contributed by atoms with Crippen molar-refractivity contribution in [2.24, 2.45) is 0 Å². The minimum atomic E-state index is -4.49. The van der Waals surface area contributed by atoms with Crippen LogP contribution in [-0.4, -0.2) is 36.7 Å². The van der Waals surface area contributed by atoms with E-state index >= 15 is 0 Å². The van der Waals surface area contributed by atoms with Crippen molar-refractivity contribution in [3.8, 4) is 10.4 Å². The molecule has 2 heterocycles. The van der Waals surface area contributed by atoms with E-state index in [0.717, 1.165) is 21.8 Å². The molecule has 0 aliphatic carbocycles. The Morgan fingerprint density at radius 2 is 2.04 bits per heavy atom. The van der Waals surface area contributed by atoms with Gasteiger partial charge in [0.05, 0.1) is 24.4 Å². The standard InChI is InChI=1S/C14H18F3N3O2S2/c1-10-13(12-4-3-8-23-12)11(2)20(19-10)7-6-18-24(21,22)9-5-14(15,16)17/h3-4,8,18H,5-7,9H2,1-2H3. The molecule has 0 saturated heterocycles. The fourth-order valence-corrected chi connectivity index (χ4v) is 4.24. The van der Waals surface area contributed by atoms with Gasteiger partial charge in [0, 0.05) is 22.7 Å². The molecule has 0 aromatic carbocycles. The summed E-state index contributed by atoms with van der Waals surface area (Å²) in [5.41, 5.74) is 2.73. The molecule has 0 aliphatic heterocycles. The number of thiophene rings is 1. The third-order valence-corrected chi connectivity index (χ3v) is 5.72. The van der Waals surface area contributed by atoms with Crippen molar-refractivity contribution in [2.75, 3.05) is 12.3 Å². The number of rotatable bonds is 7. The molecular weight excluding hydrogens is 363 g/mol. The molecule has 10 heteroatoms. The Hall–Kier alpha value is -1.39. The highest BCUT2D eigenvalue weighted by Gasteiger charge is 2.29. The van der Waals surface area contributed by atoms with Crippen LogP contribution in [0.2, 0.25) is 0 Å². The summed E-state index contributed by atoms with van der Waals surface area (Å²) in [5.74, 6) is -0.964. The minimum absolute atomic E-state index is 0.00791. The number of aryl methyl sites for hydroxylation is 1. The van der Waals surface area contributed by atoms with Gasteiger partial charge in [-0.2, -0.15) is 18.3 Å². The van der Waals surface area contributed by atoms with Gasteiger partial charge in [-0.25, -0.2) is 13.1 Å². The van der Waals surface area contributed by atoms with Gasteiger partial charge in [-0.15, -0.1) is 11.3 Å². The van der Waals surface area contributed by atoms with Crippen molar-refractivity contribution in [1.82, 2.24) is 14.5 Å². The average molecular weight is 381 g/mol. The zero-order valence-electron chi connectivity index (χ0n) is 13.2. The van der Waals surface area contributed by atoms with Crippen molar-refractivity contribution in [3.05, 3.63) is 28.9 Å². The van der Waals surface area contributed by atoms with E-state index in [1.807, 2.05) is 31.4 Å². The number of hydrogen-bond acceptors (Lipinski definition) is 4. The second-order valence-corrected chi connectivity index (χ2v) is 8.20. The van der Waals surface area contributed by atoms with Crippen LogP contribution in [0.4, 0.5) is 13.2 Å². The molecule has 0 radical (unpaired) electrons. The fourth-order valence-electron chi connectivity index (χ4n) is 2.32. The van der Waals surface area contributed by atoms with Crippen LogP contribution in [0.25, 0.3) is 10.4 Å². The van der Waals surface area contributed by atoms with E-state index in [-0.39, 0.29) is 13.1 Å². The van der Waals surface area contributed by atoms with Crippen molar-refractivity contribution < 1.29 is 21.6 Å². The molecule has 1 N–H and O–H groups in total. The quantitative estimate of drug-likeness (QED) is 0.802. The third kappa shape index (κ3) is 5.05. The van der Waals surface area contributed by atoms with Gasteiger partial charge in [-0.3, -0.25) is 4.68 Å². The van der Waals surface area contributed by atoms with E-state index in [2.05, 4.69) is 9.82 Å². The molecule has 0 aliphatic rings. The predicted molar refractivity (Wildman–Crippen MR) is 87.5 cm³/mol. The normalized spacial score (nSPS) is 12.7. The average Bonchev–Trinajstić information content (AvgIpc) is 3.05. The number of halogens is 3. The summed E-state index contributed by atoms with van der Waals surface area (Å²) in [6.07, 6.45) is -5.84. The lowest BCUT2D eigenvalue weighted by Gasteiger charge is -2.09. The van der Waals surface area contributed by atoms with Gasteiger partial charge in [-0.05, 0) is 25.3 Å². The van der Waals surface area contributed by atoms with Crippen molar-refractivity contribution in [1.29, 1.82) is 0 Å². The Bertz CT molecular complexity index is 781. The number of sulfonamides is 1. The van der Waals surface area contributed by atoms with E-state index < -0.39 is 28.4 Å². The summed E-state index contributed by atoms with van der Waals surface area (Å²) < 4.78 is 63.3. The fraction of sp³-hybridized carbons (Fsp3) is 0.500. The zero-order valence-corrected chi connectivity index (χ0v) is 14.9. The highest BCUT2D eigenvalue weighted by atomic mass is 32.2. The van der Waals surface area contributed by atoms with Crippen molar-refractivity contribution >= 4 is 21.4 Å². The number of hydrogen-bond donors (Lipinski definition) is 1. The van der Waals surface area contributed by atoms with Gasteiger partial charge in [0.25, 0.3) is 0 Å². The first-order valence-electron chi connectivity index (χ1n) is 7.21. The molecule has 0 saturated carbocycles. The molecule has 0 bridgehead atoms. The van der Waals surface area contributed by atoms with Gasteiger partial charge in [0.2, 0.25) is 10.0 Å². The topological polar surface area (TPSA) is 64.0 Å². The van der Waals surface area contributed by atoms with Crippen LogP contribution in [0.3, 0.4) is 0 Å². The van der Waals surface area contributed by atoms with Gasteiger partial charge in [0.1, 0.15) is 0 Å². The SMILES string of the molecule is Cc1nn(CCNS(=O)(=O)CCC(F)(F)F)c(C)c1-c1cccs1. The Morgan fingerprint density at radius 3 is 2.62 bits per heavy atom. The van der Waals surface area contributed by atoms with Crippen LogP contribution in [-0.2, 0) is 16.6 Å². The molecule has 0 unspecified atom stereocenters. The summed E-state index contributed by atoms with van der Waals surface area (Å²) in [4.78, 5) is 1.07. The lowest BCUT2D eigenvalue weighted by molar-refractivity contribution is -0.129. The van der Waals surface area contributed by atoms with Crippen LogP contribution >= 0.6 is 11.3 Å². The Labute approximate surface area is 142 Å². The molecular formula is C14H18F3N3O2S2. The van der Waals surface area contributed by atoms with E-state index in [4.69, 9.17) is 0 Å². The first-order valence-corrected chi connectivity index (χ1v) is 9.74. The predicted octanol–water partition coefficient (Wildman–Crippen LogP) is 3.10. The monoisotopic (exact) mass is 381 g/mol. The number of aromatic nitrogens is 2. The highest BCUT2D eigenvalue weighted by Crippen LogP contribution is 2.30. The van der Waals surface area contributed by atoms with E-state index in [0.29, 0.717) is 0 Å². The maximum Gasteiger partial charge on any atom is 0.390 e. The first kappa shape index (κ1) is 18.9. The van der Waals surface area contributed by atoms with Crippen LogP contribution in [0.15, 0.2) is 17.5 Å². The Kier molecular flexibility index (Phi) is 5.71. The van der Waals surface area contributed by atoms with Crippen LogP contribution in [0, 0.1) is 13.8 Å². The molecule has 0 amide bonds. The summed E-state index contributed by atoms with van der Waals surface area (Å²) >= 11 is 1.58. The van der Waals surface area contributed by atoms with Crippen LogP contribution < -0.4 is 4.72 Å². The molecule has 5 nitrogen and oxygen atoms in total. The molecule has 2 aromatic heterocycles. The lowest BCUT2D eigenvalue weighted by Crippen LogP contribution is -2.31. The number of nitrogens with one attached hydrogen (secondary N) is 1. The van der Waals surface area contributed by atoms with Crippen LogP contribution in [0.5, 0.6) is 0 Å². The minimum Gasteiger partial charge on any atom is -0.268 e. The number of nitrogens with zero attached hydrogens (tertiary/aromatic N) is 2. The first-order chi connectivity index (χ1) is 11.1. The molecule has 0 fully saturated rings. The second-order valence-electron chi connectivity index (χ2n) is 5.32. The number of alkyl halides is 3. The van der Waals surface area contributed by atoms with Gasteiger partial charge in [0.15, 0.2) is 0 Å². The maximum absolute atomic E-state index is 12.1. The molecule has 0 spiro atoms. The van der Waals surface area contributed by atoms with Crippen LogP contribution in [0.1, 0.15) is 17.8 Å². The smallest absolute Gasteiger partial charge is 0.268 e. The zero-order chi connectivity index (χ0) is 18.0. The van der Waals surface area contributed by atoms with Gasteiger partial charge in [-0.1, -0.05) is 6.07 Å². The largest absolute Gasteiger partial charge is 0.390 e. The summed E-state index contributed by atoms with van der Waals surface area (Å²) in [6.45, 7) is 3.99. The molecule has 24 heavy (non-hydrogen) atoms. The van der Waals surface area contributed by atoms with Crippen molar-refractivity contribution in [2.45, 2.75) is 33.0 Å². The molecule has 2 rings (SSSR count).